The third-order valence-corrected chi connectivity index (χ3v) is 2.35. The van der Waals surface area contributed by atoms with Crippen LogP contribution < -0.4 is 10.6 Å². The largest absolute Gasteiger partial charge is 0.381 e. The zero-order chi connectivity index (χ0) is 14.1. The molecule has 0 amide bonds. The van der Waals surface area contributed by atoms with Gasteiger partial charge >= 0.3 is 5.69 Å². The van der Waals surface area contributed by atoms with Crippen molar-refractivity contribution in [2.45, 2.75) is 19.8 Å². The minimum Gasteiger partial charge on any atom is -0.381 e. The van der Waals surface area contributed by atoms with Gasteiger partial charge in [-0.2, -0.15) is 0 Å². The lowest BCUT2D eigenvalue weighted by atomic mass is 10.4. The maximum Gasteiger partial charge on any atom is 0.353 e. The van der Waals surface area contributed by atoms with Gasteiger partial charge in [-0.15, -0.1) is 0 Å². The Balaban J connectivity index is 2.55. The number of nitro groups is 1. The van der Waals surface area contributed by atoms with E-state index >= 15 is 0 Å². The summed E-state index contributed by atoms with van der Waals surface area (Å²) in [5.41, 5.74) is -0.139. The Morgan fingerprint density at radius 1 is 1.37 bits per heavy atom. The lowest BCUT2D eigenvalue weighted by molar-refractivity contribution is -0.383. The van der Waals surface area contributed by atoms with E-state index in [1.165, 1.54) is 6.33 Å². The highest BCUT2D eigenvalue weighted by Crippen LogP contribution is 2.28. The van der Waals surface area contributed by atoms with Crippen molar-refractivity contribution in [2.24, 2.45) is 0 Å². The van der Waals surface area contributed by atoms with Crippen molar-refractivity contribution in [2.75, 3.05) is 37.4 Å². The highest BCUT2D eigenvalue weighted by molar-refractivity contribution is 5.68. The average Bonchev–Trinajstić information content (AvgIpc) is 2.42. The van der Waals surface area contributed by atoms with Crippen LogP contribution in [0.25, 0.3) is 0 Å². The fraction of sp³-hybridized carbons (Fsp3) is 0.636. The second kappa shape index (κ2) is 8.20. The Bertz CT molecular complexity index is 413. The average molecular weight is 269 g/mol. The van der Waals surface area contributed by atoms with Crippen molar-refractivity contribution >= 4 is 17.3 Å². The first-order chi connectivity index (χ1) is 9.20. The molecule has 0 bridgehead atoms. The minimum atomic E-state index is -0.498. The van der Waals surface area contributed by atoms with Gasteiger partial charge < -0.3 is 15.4 Å². The van der Waals surface area contributed by atoms with E-state index in [0.717, 1.165) is 19.4 Å². The van der Waals surface area contributed by atoms with Crippen LogP contribution in [0.3, 0.4) is 0 Å². The first-order valence-electron chi connectivity index (χ1n) is 6.19. The monoisotopic (exact) mass is 269 g/mol. The summed E-state index contributed by atoms with van der Waals surface area (Å²) < 4.78 is 5.32. The van der Waals surface area contributed by atoms with Gasteiger partial charge in [0.15, 0.2) is 0 Å². The van der Waals surface area contributed by atoms with E-state index in [4.69, 9.17) is 4.74 Å². The SMILES string of the molecule is CCCOCCCNc1ncnc(NC)c1[N+](=O)[O-]. The molecule has 1 rings (SSSR count). The zero-order valence-corrected chi connectivity index (χ0v) is 11.2. The molecule has 2 N–H and O–H groups in total. The lowest BCUT2D eigenvalue weighted by Gasteiger charge is -2.08. The fourth-order valence-corrected chi connectivity index (χ4v) is 1.49. The Morgan fingerprint density at radius 3 is 2.74 bits per heavy atom. The molecule has 0 aliphatic carbocycles. The van der Waals surface area contributed by atoms with E-state index in [-0.39, 0.29) is 17.3 Å². The van der Waals surface area contributed by atoms with E-state index in [1.54, 1.807) is 7.05 Å². The number of nitrogens with one attached hydrogen (secondary N) is 2. The van der Waals surface area contributed by atoms with Gasteiger partial charge in [-0.3, -0.25) is 10.1 Å². The smallest absolute Gasteiger partial charge is 0.353 e. The topological polar surface area (TPSA) is 102 Å². The predicted octanol–water partition coefficient (Wildman–Crippen LogP) is 1.66. The van der Waals surface area contributed by atoms with Crippen molar-refractivity contribution in [3.8, 4) is 0 Å². The third kappa shape index (κ3) is 4.66. The highest BCUT2D eigenvalue weighted by Gasteiger charge is 2.21. The molecule has 0 saturated heterocycles. The molecule has 106 valence electrons. The number of hydrogen-bond donors (Lipinski definition) is 2. The van der Waals surface area contributed by atoms with Gasteiger partial charge in [0.1, 0.15) is 6.33 Å². The predicted molar refractivity (Wildman–Crippen MR) is 72.4 cm³/mol. The van der Waals surface area contributed by atoms with Crippen LogP contribution in [-0.2, 0) is 4.74 Å². The van der Waals surface area contributed by atoms with Crippen molar-refractivity contribution in [1.29, 1.82) is 0 Å². The van der Waals surface area contributed by atoms with Gasteiger partial charge in [0.25, 0.3) is 0 Å². The molecular weight excluding hydrogens is 250 g/mol. The number of aromatic nitrogens is 2. The van der Waals surface area contributed by atoms with Gasteiger partial charge in [-0.25, -0.2) is 9.97 Å². The molecular formula is C11H19N5O3. The van der Waals surface area contributed by atoms with Gasteiger partial charge in [-0.1, -0.05) is 6.92 Å². The molecule has 0 aliphatic heterocycles. The second-order valence-electron chi connectivity index (χ2n) is 3.82. The highest BCUT2D eigenvalue weighted by atomic mass is 16.6. The Hall–Kier alpha value is -1.96. The number of ether oxygens (including phenoxy) is 1. The van der Waals surface area contributed by atoms with Gasteiger partial charge in [-0.05, 0) is 12.8 Å². The Labute approximate surface area is 111 Å². The van der Waals surface area contributed by atoms with Crippen molar-refractivity contribution in [1.82, 2.24) is 9.97 Å². The molecule has 0 atom stereocenters. The van der Waals surface area contributed by atoms with Crippen LogP contribution in [0.5, 0.6) is 0 Å². The second-order valence-corrected chi connectivity index (χ2v) is 3.82. The minimum absolute atomic E-state index is 0.139. The molecule has 0 saturated carbocycles. The summed E-state index contributed by atoms with van der Waals surface area (Å²) in [6, 6.07) is 0. The molecule has 0 radical (unpaired) electrons. The molecule has 8 heteroatoms. The van der Waals surface area contributed by atoms with Crippen LogP contribution in [-0.4, -0.2) is 41.7 Å². The summed E-state index contributed by atoms with van der Waals surface area (Å²) in [7, 11) is 1.58. The third-order valence-electron chi connectivity index (χ3n) is 2.35. The molecule has 1 aromatic rings. The van der Waals surface area contributed by atoms with E-state index in [0.29, 0.717) is 13.2 Å². The van der Waals surface area contributed by atoms with Gasteiger partial charge in [0.2, 0.25) is 11.6 Å². The molecule has 1 heterocycles. The first-order valence-corrected chi connectivity index (χ1v) is 6.19. The van der Waals surface area contributed by atoms with E-state index in [2.05, 4.69) is 20.6 Å². The zero-order valence-electron chi connectivity index (χ0n) is 11.2. The summed E-state index contributed by atoms with van der Waals surface area (Å²) >= 11 is 0. The maximum atomic E-state index is 11.0. The number of rotatable bonds is 9. The molecule has 0 aromatic carbocycles. The molecule has 0 spiro atoms. The molecule has 0 fully saturated rings. The quantitative estimate of drug-likeness (QED) is 0.399. The van der Waals surface area contributed by atoms with Crippen molar-refractivity contribution < 1.29 is 9.66 Å². The summed E-state index contributed by atoms with van der Waals surface area (Å²) in [6.45, 7) is 3.96. The molecule has 19 heavy (non-hydrogen) atoms. The van der Waals surface area contributed by atoms with Crippen LogP contribution in [0.4, 0.5) is 17.3 Å². The van der Waals surface area contributed by atoms with Crippen molar-refractivity contribution in [3.63, 3.8) is 0 Å². The Morgan fingerprint density at radius 2 is 2.11 bits per heavy atom. The number of nitrogens with zero attached hydrogens (tertiary/aromatic N) is 3. The van der Waals surface area contributed by atoms with Gasteiger partial charge in [0, 0.05) is 26.8 Å². The number of hydrogen-bond acceptors (Lipinski definition) is 7. The normalized spacial score (nSPS) is 10.2. The van der Waals surface area contributed by atoms with Crippen LogP contribution in [0.1, 0.15) is 19.8 Å². The Kier molecular flexibility index (Phi) is 6.51. The van der Waals surface area contributed by atoms with Crippen LogP contribution >= 0.6 is 0 Å². The summed E-state index contributed by atoms with van der Waals surface area (Å²) in [6.07, 6.45) is 3.03. The van der Waals surface area contributed by atoms with Crippen LogP contribution in [0, 0.1) is 10.1 Å². The van der Waals surface area contributed by atoms with Gasteiger partial charge in [0.05, 0.1) is 4.92 Å². The van der Waals surface area contributed by atoms with E-state index < -0.39 is 4.92 Å². The standard InChI is InChI=1S/C11H19N5O3/c1-3-6-19-7-4-5-13-11-9(16(17)18)10(12-2)14-8-15-11/h8H,3-7H2,1-2H3,(H2,12,13,14,15). The molecule has 8 nitrogen and oxygen atoms in total. The van der Waals surface area contributed by atoms with E-state index in [1.807, 2.05) is 6.92 Å². The molecule has 1 aromatic heterocycles. The molecule has 0 unspecified atom stereocenters. The summed E-state index contributed by atoms with van der Waals surface area (Å²) in [4.78, 5) is 18.2. The first kappa shape index (κ1) is 15.1. The maximum absolute atomic E-state index is 11.0. The van der Waals surface area contributed by atoms with Crippen molar-refractivity contribution in [3.05, 3.63) is 16.4 Å². The summed E-state index contributed by atoms with van der Waals surface area (Å²) in [5.74, 6) is 0.421. The summed E-state index contributed by atoms with van der Waals surface area (Å²) in [5, 5.41) is 16.6. The van der Waals surface area contributed by atoms with Crippen LogP contribution in [0.2, 0.25) is 0 Å². The fourth-order valence-electron chi connectivity index (χ4n) is 1.49. The number of anilines is 2. The lowest BCUT2D eigenvalue weighted by Crippen LogP contribution is -2.11. The molecule has 0 aliphatic rings. The van der Waals surface area contributed by atoms with E-state index in [9.17, 15) is 10.1 Å². The van der Waals surface area contributed by atoms with Crippen LogP contribution in [0.15, 0.2) is 6.33 Å².